The Morgan fingerprint density at radius 2 is 1.71 bits per heavy atom. The summed E-state index contributed by atoms with van der Waals surface area (Å²) >= 11 is 1.47. The van der Waals surface area contributed by atoms with Crippen LogP contribution in [0.1, 0.15) is 26.4 Å². The first-order valence-electron chi connectivity index (χ1n) is 8.64. The Balaban J connectivity index is 1.76. The van der Waals surface area contributed by atoms with E-state index in [0.29, 0.717) is 5.56 Å². The number of hydrogen-bond donors (Lipinski definition) is 2. The number of benzene rings is 2. The zero-order chi connectivity index (χ0) is 19.8. The molecule has 0 saturated heterocycles. The van der Waals surface area contributed by atoms with Gasteiger partial charge < -0.3 is 5.32 Å². The summed E-state index contributed by atoms with van der Waals surface area (Å²) in [6.07, 6.45) is 3.21. The van der Waals surface area contributed by atoms with Gasteiger partial charge in [0.25, 0.3) is 11.8 Å². The van der Waals surface area contributed by atoms with Gasteiger partial charge in [-0.3, -0.25) is 9.59 Å². The second-order valence-electron chi connectivity index (χ2n) is 5.95. The van der Waals surface area contributed by atoms with Crippen molar-refractivity contribution in [1.29, 1.82) is 0 Å². The molecule has 2 amide bonds. The molecule has 0 aliphatic heterocycles. The van der Waals surface area contributed by atoms with Gasteiger partial charge in [0.05, 0.1) is 6.21 Å². The highest BCUT2D eigenvalue weighted by molar-refractivity contribution is 7.10. The van der Waals surface area contributed by atoms with Gasteiger partial charge in [-0.15, -0.1) is 11.3 Å². The van der Waals surface area contributed by atoms with Crippen LogP contribution < -0.4 is 10.7 Å². The minimum Gasteiger partial charge on any atom is -0.317 e. The topological polar surface area (TPSA) is 70.6 Å². The van der Waals surface area contributed by atoms with Gasteiger partial charge in [0, 0.05) is 10.4 Å². The van der Waals surface area contributed by atoms with Crippen molar-refractivity contribution in [2.45, 2.75) is 6.92 Å². The number of thiophene rings is 1. The Morgan fingerprint density at radius 3 is 2.43 bits per heavy atom. The van der Waals surface area contributed by atoms with E-state index in [4.69, 9.17) is 0 Å². The minimum absolute atomic E-state index is 0.123. The molecule has 3 rings (SSSR count). The zero-order valence-electron chi connectivity index (χ0n) is 15.3. The molecule has 0 saturated carbocycles. The summed E-state index contributed by atoms with van der Waals surface area (Å²) in [5, 5.41) is 8.59. The molecular formula is C22H19N3O2S. The van der Waals surface area contributed by atoms with Crippen LogP contribution >= 0.6 is 11.3 Å². The van der Waals surface area contributed by atoms with Gasteiger partial charge in [-0.25, -0.2) is 5.43 Å². The summed E-state index contributed by atoms with van der Waals surface area (Å²) in [7, 11) is 0. The van der Waals surface area contributed by atoms with Gasteiger partial charge in [-0.1, -0.05) is 48.5 Å². The summed E-state index contributed by atoms with van der Waals surface area (Å²) in [4.78, 5) is 25.9. The van der Waals surface area contributed by atoms with E-state index in [-0.39, 0.29) is 11.6 Å². The fourth-order valence-electron chi connectivity index (χ4n) is 2.41. The van der Waals surface area contributed by atoms with E-state index in [1.807, 2.05) is 54.8 Å². The fourth-order valence-corrected chi connectivity index (χ4v) is 3.07. The van der Waals surface area contributed by atoms with Crippen LogP contribution in [0.3, 0.4) is 0 Å². The Hall–Kier alpha value is -3.51. The third-order valence-electron chi connectivity index (χ3n) is 3.92. The lowest BCUT2D eigenvalue weighted by Gasteiger charge is -2.08. The molecule has 2 N–H and O–H groups in total. The molecule has 0 fully saturated rings. The first-order chi connectivity index (χ1) is 13.6. The van der Waals surface area contributed by atoms with Gasteiger partial charge in [0.1, 0.15) is 5.70 Å². The highest BCUT2D eigenvalue weighted by atomic mass is 32.1. The van der Waals surface area contributed by atoms with Crippen molar-refractivity contribution in [2.75, 3.05) is 0 Å². The van der Waals surface area contributed by atoms with Gasteiger partial charge in [-0.05, 0) is 47.7 Å². The maximum Gasteiger partial charge on any atom is 0.287 e. The summed E-state index contributed by atoms with van der Waals surface area (Å²) in [5.74, 6) is -0.857. The summed E-state index contributed by atoms with van der Waals surface area (Å²) in [5.41, 5.74) is 5.02. The molecule has 28 heavy (non-hydrogen) atoms. The van der Waals surface area contributed by atoms with Crippen LogP contribution in [0, 0.1) is 6.92 Å². The second kappa shape index (κ2) is 9.43. The normalized spacial score (nSPS) is 11.4. The van der Waals surface area contributed by atoms with E-state index in [1.165, 1.54) is 11.3 Å². The lowest BCUT2D eigenvalue weighted by Crippen LogP contribution is -2.32. The Labute approximate surface area is 167 Å². The first kappa shape index (κ1) is 19.3. The molecule has 1 heterocycles. The molecule has 140 valence electrons. The zero-order valence-corrected chi connectivity index (χ0v) is 16.1. The van der Waals surface area contributed by atoms with Gasteiger partial charge in [0.15, 0.2) is 0 Å². The number of nitrogens with zero attached hydrogens (tertiary/aromatic N) is 1. The Morgan fingerprint density at radius 1 is 0.964 bits per heavy atom. The van der Waals surface area contributed by atoms with Gasteiger partial charge >= 0.3 is 0 Å². The molecule has 0 aliphatic carbocycles. The minimum atomic E-state index is -0.498. The summed E-state index contributed by atoms with van der Waals surface area (Å²) in [6, 6.07) is 20.2. The molecule has 0 spiro atoms. The lowest BCUT2D eigenvalue weighted by atomic mass is 10.1. The molecule has 0 atom stereocenters. The van der Waals surface area contributed by atoms with E-state index in [1.54, 1.807) is 36.6 Å². The average molecular weight is 389 g/mol. The highest BCUT2D eigenvalue weighted by Gasteiger charge is 2.14. The van der Waals surface area contributed by atoms with E-state index in [2.05, 4.69) is 15.8 Å². The molecule has 0 bridgehead atoms. The monoisotopic (exact) mass is 389 g/mol. The third kappa shape index (κ3) is 5.25. The van der Waals surface area contributed by atoms with Crippen LogP contribution in [0.15, 0.2) is 82.9 Å². The number of carbonyl (C=O) groups is 2. The van der Waals surface area contributed by atoms with Crippen molar-refractivity contribution in [3.63, 3.8) is 0 Å². The van der Waals surface area contributed by atoms with Crippen molar-refractivity contribution in [3.8, 4) is 0 Å². The van der Waals surface area contributed by atoms with Crippen LogP contribution in [-0.2, 0) is 4.79 Å². The van der Waals surface area contributed by atoms with Gasteiger partial charge in [-0.2, -0.15) is 5.10 Å². The maximum atomic E-state index is 12.6. The smallest absolute Gasteiger partial charge is 0.287 e. The predicted octanol–water partition coefficient (Wildman–Crippen LogP) is 3.98. The number of carbonyl (C=O) groups excluding carboxylic acids is 2. The average Bonchev–Trinajstić information content (AvgIpc) is 3.22. The summed E-state index contributed by atoms with van der Waals surface area (Å²) < 4.78 is 0. The molecule has 2 aromatic carbocycles. The van der Waals surface area contributed by atoms with Crippen LogP contribution in [0.5, 0.6) is 0 Å². The molecular weight excluding hydrogens is 370 g/mol. The SMILES string of the molecule is Cc1ccccc1/C=N\NC(=O)/C(=C\c1cccs1)NC(=O)c1ccccc1. The molecule has 0 unspecified atom stereocenters. The van der Waals surface area contributed by atoms with E-state index in [0.717, 1.165) is 16.0 Å². The van der Waals surface area contributed by atoms with Crippen molar-refractivity contribution in [2.24, 2.45) is 5.10 Å². The van der Waals surface area contributed by atoms with Crippen molar-refractivity contribution in [1.82, 2.24) is 10.7 Å². The Bertz CT molecular complexity index is 1010. The summed E-state index contributed by atoms with van der Waals surface area (Å²) in [6.45, 7) is 1.96. The molecule has 0 radical (unpaired) electrons. The lowest BCUT2D eigenvalue weighted by molar-refractivity contribution is -0.117. The van der Waals surface area contributed by atoms with E-state index in [9.17, 15) is 9.59 Å². The molecule has 1 aromatic heterocycles. The van der Waals surface area contributed by atoms with Crippen LogP contribution in [0.2, 0.25) is 0 Å². The standard InChI is InChI=1S/C22H19N3O2S/c1-16-8-5-6-11-18(16)15-23-25-22(27)20(14-19-12-7-13-28-19)24-21(26)17-9-3-2-4-10-17/h2-15H,1H3,(H,24,26)(H,25,27)/b20-14+,23-15-. The molecule has 5 nitrogen and oxygen atoms in total. The van der Waals surface area contributed by atoms with Crippen molar-refractivity contribution in [3.05, 3.63) is 99.4 Å². The second-order valence-corrected chi connectivity index (χ2v) is 6.93. The number of aryl methyl sites for hydroxylation is 1. The largest absolute Gasteiger partial charge is 0.317 e. The fraction of sp³-hybridized carbons (Fsp3) is 0.0455. The number of nitrogens with one attached hydrogen (secondary N) is 2. The van der Waals surface area contributed by atoms with Crippen LogP contribution in [-0.4, -0.2) is 18.0 Å². The van der Waals surface area contributed by atoms with Crippen LogP contribution in [0.4, 0.5) is 0 Å². The predicted molar refractivity (Wildman–Crippen MR) is 113 cm³/mol. The van der Waals surface area contributed by atoms with Crippen molar-refractivity contribution >= 4 is 35.4 Å². The van der Waals surface area contributed by atoms with Crippen LogP contribution in [0.25, 0.3) is 6.08 Å². The number of rotatable bonds is 6. The highest BCUT2D eigenvalue weighted by Crippen LogP contribution is 2.13. The number of hydrazone groups is 1. The third-order valence-corrected chi connectivity index (χ3v) is 4.74. The maximum absolute atomic E-state index is 12.6. The van der Waals surface area contributed by atoms with E-state index < -0.39 is 5.91 Å². The number of amides is 2. The first-order valence-corrected chi connectivity index (χ1v) is 9.52. The molecule has 3 aromatic rings. The molecule has 0 aliphatic rings. The molecule has 6 heteroatoms. The van der Waals surface area contributed by atoms with E-state index >= 15 is 0 Å². The number of hydrogen-bond acceptors (Lipinski definition) is 4. The Kier molecular flexibility index (Phi) is 6.49. The van der Waals surface area contributed by atoms with Gasteiger partial charge in [0.2, 0.25) is 0 Å². The quantitative estimate of drug-likeness (QED) is 0.380. The van der Waals surface area contributed by atoms with Crippen molar-refractivity contribution < 1.29 is 9.59 Å².